The van der Waals surface area contributed by atoms with E-state index in [9.17, 15) is 4.79 Å². The second-order valence-electron chi connectivity index (χ2n) is 3.63. The van der Waals surface area contributed by atoms with E-state index in [0.717, 1.165) is 13.0 Å². The Balaban J connectivity index is 2.47. The Morgan fingerprint density at radius 2 is 2.36 bits per heavy atom. The van der Waals surface area contributed by atoms with Crippen LogP contribution in [0.3, 0.4) is 0 Å². The van der Waals surface area contributed by atoms with E-state index < -0.39 is 0 Å². The molecule has 0 bridgehead atoms. The molecule has 80 valence electrons. The van der Waals surface area contributed by atoms with E-state index in [2.05, 4.69) is 16.6 Å². The van der Waals surface area contributed by atoms with E-state index in [1.54, 1.807) is 0 Å². The number of hydrogen-bond donors (Lipinski definition) is 0. The standard InChI is InChI=1S/C11H19NO2/c1-3-10-6-4-5-8-12(10)9-7-11(13)14-2/h7,9-10H,3-6,8H2,1-2H3. The molecule has 0 aromatic carbocycles. The second kappa shape index (κ2) is 5.68. The van der Waals surface area contributed by atoms with E-state index in [1.165, 1.54) is 32.4 Å². The van der Waals surface area contributed by atoms with Crippen LogP contribution >= 0.6 is 0 Å². The molecule has 0 aromatic rings. The summed E-state index contributed by atoms with van der Waals surface area (Å²) in [5.74, 6) is -0.273. The molecule has 1 aliphatic heterocycles. The summed E-state index contributed by atoms with van der Waals surface area (Å²) in [7, 11) is 1.40. The first-order chi connectivity index (χ1) is 6.77. The largest absolute Gasteiger partial charge is 0.466 e. The van der Waals surface area contributed by atoms with E-state index in [4.69, 9.17) is 0 Å². The zero-order valence-electron chi connectivity index (χ0n) is 9.03. The van der Waals surface area contributed by atoms with Crippen molar-refractivity contribution in [1.29, 1.82) is 0 Å². The molecular formula is C11H19NO2. The zero-order valence-corrected chi connectivity index (χ0v) is 9.03. The van der Waals surface area contributed by atoms with Gasteiger partial charge in [-0.3, -0.25) is 0 Å². The fourth-order valence-corrected chi connectivity index (χ4v) is 1.88. The van der Waals surface area contributed by atoms with Gasteiger partial charge in [0.25, 0.3) is 0 Å². The van der Waals surface area contributed by atoms with Gasteiger partial charge in [-0.2, -0.15) is 0 Å². The maximum absolute atomic E-state index is 10.9. The minimum absolute atomic E-state index is 0.273. The van der Waals surface area contributed by atoms with Crippen molar-refractivity contribution in [3.05, 3.63) is 12.3 Å². The van der Waals surface area contributed by atoms with E-state index in [0.29, 0.717) is 6.04 Å². The average molecular weight is 197 g/mol. The Labute approximate surface area is 85.7 Å². The van der Waals surface area contributed by atoms with Crippen LogP contribution in [0.2, 0.25) is 0 Å². The summed E-state index contributed by atoms with van der Waals surface area (Å²) in [6.45, 7) is 3.25. The molecule has 0 radical (unpaired) electrons. The summed E-state index contributed by atoms with van der Waals surface area (Å²) in [4.78, 5) is 13.2. The normalized spacial score (nSPS) is 22.7. The van der Waals surface area contributed by atoms with Gasteiger partial charge in [-0.15, -0.1) is 0 Å². The number of hydrogen-bond acceptors (Lipinski definition) is 3. The van der Waals surface area contributed by atoms with Gasteiger partial charge < -0.3 is 9.64 Å². The average Bonchev–Trinajstić information content (AvgIpc) is 2.26. The summed E-state index contributed by atoms with van der Waals surface area (Å²) >= 11 is 0. The maximum atomic E-state index is 10.9. The van der Waals surface area contributed by atoms with Crippen molar-refractivity contribution in [3.63, 3.8) is 0 Å². The number of ether oxygens (including phenoxy) is 1. The second-order valence-corrected chi connectivity index (χ2v) is 3.63. The Bertz CT molecular complexity index is 213. The fraction of sp³-hybridized carbons (Fsp3) is 0.727. The monoisotopic (exact) mass is 197 g/mol. The minimum atomic E-state index is -0.273. The third-order valence-corrected chi connectivity index (χ3v) is 2.75. The molecule has 0 N–H and O–H groups in total. The molecule has 1 fully saturated rings. The van der Waals surface area contributed by atoms with Gasteiger partial charge in [0, 0.05) is 24.9 Å². The lowest BCUT2D eigenvalue weighted by atomic mass is 10.0. The molecule has 3 heteroatoms. The maximum Gasteiger partial charge on any atom is 0.331 e. The van der Waals surface area contributed by atoms with Gasteiger partial charge in [-0.05, 0) is 25.7 Å². The third-order valence-electron chi connectivity index (χ3n) is 2.75. The van der Waals surface area contributed by atoms with Gasteiger partial charge in [0.15, 0.2) is 0 Å². The Hall–Kier alpha value is -0.990. The number of piperidine rings is 1. The molecule has 1 unspecified atom stereocenters. The van der Waals surface area contributed by atoms with Gasteiger partial charge >= 0.3 is 5.97 Å². The SMILES string of the molecule is CCC1CCCCN1C=CC(=O)OC. The summed E-state index contributed by atoms with van der Waals surface area (Å²) in [6, 6.07) is 0.602. The van der Waals surface area contributed by atoms with Crippen LogP contribution in [0.15, 0.2) is 12.3 Å². The van der Waals surface area contributed by atoms with Crippen molar-refractivity contribution in [1.82, 2.24) is 4.90 Å². The van der Waals surface area contributed by atoms with Crippen molar-refractivity contribution >= 4 is 5.97 Å². The van der Waals surface area contributed by atoms with Crippen molar-refractivity contribution in [2.45, 2.75) is 38.6 Å². The quantitative estimate of drug-likeness (QED) is 0.511. The van der Waals surface area contributed by atoms with Gasteiger partial charge in [0.2, 0.25) is 0 Å². The molecule has 0 aromatic heterocycles. The Morgan fingerprint density at radius 3 is 3.00 bits per heavy atom. The van der Waals surface area contributed by atoms with Crippen molar-refractivity contribution in [2.75, 3.05) is 13.7 Å². The van der Waals surface area contributed by atoms with Crippen LogP contribution in [0.4, 0.5) is 0 Å². The molecule has 0 amide bonds. The predicted molar refractivity (Wildman–Crippen MR) is 55.8 cm³/mol. The van der Waals surface area contributed by atoms with Crippen LogP contribution < -0.4 is 0 Å². The van der Waals surface area contributed by atoms with E-state index >= 15 is 0 Å². The Kier molecular flexibility index (Phi) is 4.50. The highest BCUT2D eigenvalue weighted by molar-refractivity contribution is 5.81. The summed E-state index contributed by atoms with van der Waals surface area (Å²) in [6.07, 6.45) is 8.30. The number of carbonyl (C=O) groups excluding carboxylic acids is 1. The number of rotatable bonds is 3. The summed E-state index contributed by atoms with van der Waals surface area (Å²) in [5.41, 5.74) is 0. The lowest BCUT2D eigenvalue weighted by Crippen LogP contribution is -2.34. The van der Waals surface area contributed by atoms with Crippen LogP contribution in [-0.2, 0) is 9.53 Å². The fourth-order valence-electron chi connectivity index (χ4n) is 1.88. The molecule has 0 spiro atoms. The lowest BCUT2D eigenvalue weighted by Gasteiger charge is -2.34. The molecule has 1 heterocycles. The molecular weight excluding hydrogens is 178 g/mol. The first-order valence-corrected chi connectivity index (χ1v) is 5.29. The van der Waals surface area contributed by atoms with Crippen LogP contribution in [0.1, 0.15) is 32.6 Å². The molecule has 1 aliphatic rings. The molecule has 1 atom stereocenters. The van der Waals surface area contributed by atoms with Crippen molar-refractivity contribution in [2.24, 2.45) is 0 Å². The van der Waals surface area contributed by atoms with Gasteiger partial charge in [0.05, 0.1) is 7.11 Å². The van der Waals surface area contributed by atoms with Crippen molar-refractivity contribution in [3.8, 4) is 0 Å². The zero-order chi connectivity index (χ0) is 10.4. The van der Waals surface area contributed by atoms with Crippen LogP contribution in [0.5, 0.6) is 0 Å². The predicted octanol–water partition coefficient (Wildman–Crippen LogP) is 1.94. The molecule has 14 heavy (non-hydrogen) atoms. The van der Waals surface area contributed by atoms with E-state index in [-0.39, 0.29) is 5.97 Å². The highest BCUT2D eigenvalue weighted by atomic mass is 16.5. The third kappa shape index (κ3) is 3.05. The van der Waals surface area contributed by atoms with Gasteiger partial charge in [-0.25, -0.2) is 4.79 Å². The molecule has 1 rings (SSSR count). The topological polar surface area (TPSA) is 29.5 Å². The summed E-state index contributed by atoms with van der Waals surface area (Å²) in [5, 5.41) is 0. The highest BCUT2D eigenvalue weighted by Gasteiger charge is 2.17. The molecule has 0 aliphatic carbocycles. The number of nitrogens with zero attached hydrogens (tertiary/aromatic N) is 1. The number of carbonyl (C=O) groups is 1. The first kappa shape index (κ1) is 11.1. The van der Waals surface area contributed by atoms with Gasteiger partial charge in [0.1, 0.15) is 0 Å². The molecule has 3 nitrogen and oxygen atoms in total. The van der Waals surface area contributed by atoms with Crippen LogP contribution in [-0.4, -0.2) is 30.6 Å². The number of likely N-dealkylation sites (tertiary alicyclic amines) is 1. The smallest absolute Gasteiger partial charge is 0.331 e. The molecule has 1 saturated heterocycles. The minimum Gasteiger partial charge on any atom is -0.466 e. The van der Waals surface area contributed by atoms with Crippen molar-refractivity contribution < 1.29 is 9.53 Å². The van der Waals surface area contributed by atoms with Crippen LogP contribution in [0, 0.1) is 0 Å². The first-order valence-electron chi connectivity index (χ1n) is 5.29. The van der Waals surface area contributed by atoms with E-state index in [1.807, 2.05) is 6.20 Å². The van der Waals surface area contributed by atoms with Crippen LogP contribution in [0.25, 0.3) is 0 Å². The number of methoxy groups -OCH3 is 1. The Morgan fingerprint density at radius 1 is 1.57 bits per heavy atom. The lowest BCUT2D eigenvalue weighted by molar-refractivity contribution is -0.134. The highest BCUT2D eigenvalue weighted by Crippen LogP contribution is 2.19. The van der Waals surface area contributed by atoms with Gasteiger partial charge in [-0.1, -0.05) is 6.92 Å². The summed E-state index contributed by atoms with van der Waals surface area (Å²) < 4.78 is 4.56. The molecule has 0 saturated carbocycles. The number of esters is 1.